The first-order valence-electron chi connectivity index (χ1n) is 10.2. The quantitative estimate of drug-likeness (QED) is 0.551. The van der Waals surface area contributed by atoms with Crippen molar-refractivity contribution in [2.45, 2.75) is 33.1 Å². The molecule has 4 nitrogen and oxygen atoms in total. The van der Waals surface area contributed by atoms with Gasteiger partial charge in [-0.25, -0.2) is 4.98 Å². The van der Waals surface area contributed by atoms with Gasteiger partial charge in [0.2, 0.25) is 5.91 Å². The van der Waals surface area contributed by atoms with E-state index < -0.39 is 0 Å². The summed E-state index contributed by atoms with van der Waals surface area (Å²) >= 11 is 3.50. The van der Waals surface area contributed by atoms with E-state index in [1.54, 1.807) is 0 Å². The Morgan fingerprint density at radius 3 is 2.69 bits per heavy atom. The number of fused-ring (bicyclic) bond motifs is 1. The molecule has 4 rings (SSSR count). The predicted molar refractivity (Wildman–Crippen MR) is 124 cm³/mol. The Labute approximate surface area is 180 Å². The number of amides is 1. The van der Waals surface area contributed by atoms with Crippen LogP contribution in [-0.2, 0) is 11.2 Å². The van der Waals surface area contributed by atoms with E-state index in [4.69, 9.17) is 4.98 Å². The molecule has 1 amide bonds. The third kappa shape index (κ3) is 4.61. The monoisotopic (exact) mass is 451 g/mol. The Bertz CT molecular complexity index is 1040. The molecule has 0 bridgehead atoms. The van der Waals surface area contributed by atoms with E-state index in [-0.39, 0.29) is 5.91 Å². The van der Waals surface area contributed by atoms with E-state index in [0.29, 0.717) is 6.42 Å². The number of hydrogen-bond acceptors (Lipinski definition) is 3. The number of aryl methyl sites for hydroxylation is 1. The molecule has 0 atom stereocenters. The van der Waals surface area contributed by atoms with Crippen LogP contribution in [0.4, 0.5) is 11.5 Å². The fourth-order valence-corrected chi connectivity index (χ4v) is 4.30. The molecule has 3 aromatic rings. The minimum absolute atomic E-state index is 0.0269. The lowest BCUT2D eigenvalue weighted by Crippen LogP contribution is -2.33. The zero-order chi connectivity index (χ0) is 20.4. The smallest absolute Gasteiger partial charge is 0.228 e. The number of carbonyl (C=O) groups is 1. The number of piperidine rings is 1. The van der Waals surface area contributed by atoms with E-state index in [2.05, 4.69) is 46.1 Å². The van der Waals surface area contributed by atoms with E-state index >= 15 is 0 Å². The Balaban J connectivity index is 1.52. The lowest BCUT2D eigenvalue weighted by molar-refractivity contribution is -0.115. The molecular formula is C24H26BrN3O. The third-order valence-electron chi connectivity index (χ3n) is 5.70. The highest BCUT2D eigenvalue weighted by Gasteiger charge is 2.18. The van der Waals surface area contributed by atoms with Crippen molar-refractivity contribution in [3.63, 3.8) is 0 Å². The van der Waals surface area contributed by atoms with Crippen molar-refractivity contribution >= 4 is 44.2 Å². The summed E-state index contributed by atoms with van der Waals surface area (Å²) in [5.41, 5.74) is 3.94. The van der Waals surface area contributed by atoms with Crippen LogP contribution in [0.5, 0.6) is 0 Å². The van der Waals surface area contributed by atoms with Crippen LogP contribution in [0.25, 0.3) is 10.9 Å². The molecule has 5 heteroatoms. The lowest BCUT2D eigenvalue weighted by atomic mass is 9.99. The number of nitrogens with zero attached hydrogens (tertiary/aromatic N) is 2. The Morgan fingerprint density at radius 1 is 1.17 bits per heavy atom. The molecule has 0 saturated carbocycles. The van der Waals surface area contributed by atoms with Gasteiger partial charge in [-0.15, -0.1) is 0 Å². The Morgan fingerprint density at radius 2 is 1.93 bits per heavy atom. The average Bonchev–Trinajstić information content (AvgIpc) is 2.70. The van der Waals surface area contributed by atoms with Crippen molar-refractivity contribution in [2.24, 2.45) is 5.92 Å². The number of halogens is 1. The SMILES string of the molecule is Cc1cc(N2CCC(C)CC2)nc2ccc(NC(=O)Cc3ccccc3Br)cc12. The number of aromatic nitrogens is 1. The highest BCUT2D eigenvalue weighted by molar-refractivity contribution is 9.10. The summed E-state index contributed by atoms with van der Waals surface area (Å²) in [4.78, 5) is 19.8. The first kappa shape index (κ1) is 19.9. The summed E-state index contributed by atoms with van der Waals surface area (Å²) < 4.78 is 0.952. The van der Waals surface area contributed by atoms with Gasteiger partial charge in [-0.05, 0) is 67.1 Å². The van der Waals surface area contributed by atoms with Crippen molar-refractivity contribution in [2.75, 3.05) is 23.3 Å². The largest absolute Gasteiger partial charge is 0.357 e. The van der Waals surface area contributed by atoms with Crippen molar-refractivity contribution in [3.8, 4) is 0 Å². The highest BCUT2D eigenvalue weighted by Crippen LogP contribution is 2.28. The van der Waals surface area contributed by atoms with E-state index in [1.165, 1.54) is 18.4 Å². The van der Waals surface area contributed by atoms with E-state index in [9.17, 15) is 4.79 Å². The molecule has 1 aliphatic rings. The van der Waals surface area contributed by atoms with Gasteiger partial charge >= 0.3 is 0 Å². The van der Waals surface area contributed by atoms with Gasteiger partial charge in [-0.2, -0.15) is 0 Å². The topological polar surface area (TPSA) is 45.2 Å². The first-order chi connectivity index (χ1) is 14.0. The third-order valence-corrected chi connectivity index (χ3v) is 6.48. The molecule has 1 aliphatic heterocycles. The van der Waals surface area contributed by atoms with Gasteiger partial charge < -0.3 is 10.2 Å². The van der Waals surface area contributed by atoms with Gasteiger partial charge in [0.25, 0.3) is 0 Å². The molecular weight excluding hydrogens is 426 g/mol. The van der Waals surface area contributed by atoms with Crippen LogP contribution < -0.4 is 10.2 Å². The zero-order valence-corrected chi connectivity index (χ0v) is 18.5. The van der Waals surface area contributed by atoms with Crippen LogP contribution in [0.3, 0.4) is 0 Å². The maximum absolute atomic E-state index is 12.5. The van der Waals surface area contributed by atoms with Crippen molar-refractivity contribution in [1.29, 1.82) is 0 Å². The molecule has 0 spiro atoms. The predicted octanol–water partition coefficient (Wildman–Crippen LogP) is 5.72. The number of anilines is 2. The normalized spacial score (nSPS) is 14.9. The molecule has 2 heterocycles. The summed E-state index contributed by atoms with van der Waals surface area (Å²) in [6.07, 6.45) is 2.78. The van der Waals surface area contributed by atoms with Gasteiger partial charge in [0.1, 0.15) is 5.82 Å². The number of nitrogens with one attached hydrogen (secondary N) is 1. The second-order valence-electron chi connectivity index (χ2n) is 8.02. The van der Waals surface area contributed by atoms with Crippen molar-refractivity contribution in [1.82, 2.24) is 4.98 Å². The second-order valence-corrected chi connectivity index (χ2v) is 8.87. The molecule has 1 N–H and O–H groups in total. The average molecular weight is 452 g/mol. The minimum atomic E-state index is -0.0269. The molecule has 0 radical (unpaired) electrons. The number of benzene rings is 2. The molecule has 150 valence electrons. The Hall–Kier alpha value is -2.40. The molecule has 1 fully saturated rings. The standard InChI is InChI=1S/C24H26BrN3O/c1-16-9-11-28(12-10-16)23-13-17(2)20-15-19(7-8-22(20)27-23)26-24(29)14-18-5-3-4-6-21(18)25/h3-8,13,15-16H,9-12,14H2,1-2H3,(H,26,29). The first-order valence-corrected chi connectivity index (χ1v) is 11.0. The lowest BCUT2D eigenvalue weighted by Gasteiger charge is -2.31. The summed E-state index contributed by atoms with van der Waals surface area (Å²) in [7, 11) is 0. The van der Waals surface area contributed by atoms with Crippen LogP contribution in [0.1, 0.15) is 30.9 Å². The molecule has 1 saturated heterocycles. The van der Waals surface area contributed by atoms with Crippen LogP contribution in [0.2, 0.25) is 0 Å². The number of carbonyl (C=O) groups excluding carboxylic acids is 1. The Kier molecular flexibility index (Phi) is 5.86. The van der Waals surface area contributed by atoms with Crippen LogP contribution >= 0.6 is 15.9 Å². The number of rotatable bonds is 4. The fraction of sp³-hybridized carbons (Fsp3) is 0.333. The molecule has 29 heavy (non-hydrogen) atoms. The molecule has 2 aromatic carbocycles. The maximum atomic E-state index is 12.5. The number of pyridine rings is 1. The number of hydrogen-bond donors (Lipinski definition) is 1. The maximum Gasteiger partial charge on any atom is 0.228 e. The van der Waals surface area contributed by atoms with Crippen molar-refractivity contribution < 1.29 is 4.79 Å². The highest BCUT2D eigenvalue weighted by atomic mass is 79.9. The summed E-state index contributed by atoms with van der Waals surface area (Å²) in [5, 5.41) is 4.10. The summed E-state index contributed by atoms with van der Waals surface area (Å²) in [6, 6.07) is 15.9. The van der Waals surface area contributed by atoms with Gasteiger partial charge in [0.15, 0.2) is 0 Å². The zero-order valence-electron chi connectivity index (χ0n) is 16.9. The van der Waals surface area contributed by atoms with Gasteiger partial charge in [0.05, 0.1) is 11.9 Å². The van der Waals surface area contributed by atoms with Gasteiger partial charge in [0, 0.05) is 28.6 Å². The summed E-state index contributed by atoms with van der Waals surface area (Å²) in [5.74, 6) is 1.84. The van der Waals surface area contributed by atoms with Crippen molar-refractivity contribution in [3.05, 3.63) is 64.1 Å². The molecule has 0 aliphatic carbocycles. The van der Waals surface area contributed by atoms with Crippen LogP contribution in [0, 0.1) is 12.8 Å². The molecule has 0 unspecified atom stereocenters. The van der Waals surface area contributed by atoms with E-state index in [0.717, 1.165) is 51.5 Å². The van der Waals surface area contributed by atoms with Crippen LogP contribution in [0.15, 0.2) is 53.0 Å². The summed E-state index contributed by atoms with van der Waals surface area (Å²) in [6.45, 7) is 6.58. The van der Waals surface area contributed by atoms with Gasteiger partial charge in [-0.1, -0.05) is 41.1 Å². The fourth-order valence-electron chi connectivity index (χ4n) is 3.87. The van der Waals surface area contributed by atoms with E-state index in [1.807, 2.05) is 42.5 Å². The minimum Gasteiger partial charge on any atom is -0.357 e. The molecule has 1 aromatic heterocycles. The second kappa shape index (κ2) is 8.54. The van der Waals surface area contributed by atoms with Gasteiger partial charge in [-0.3, -0.25) is 4.79 Å². The van der Waals surface area contributed by atoms with Crippen LogP contribution in [-0.4, -0.2) is 24.0 Å².